The molecule has 0 aromatic carbocycles. The van der Waals surface area contributed by atoms with Crippen LogP contribution in [-0.4, -0.2) is 16.9 Å². The molecule has 1 aliphatic rings. The number of carbonyl (C=O) groups is 2. The number of allylic oxidation sites excluding steroid dienone is 4. The van der Waals surface area contributed by atoms with Gasteiger partial charge in [-0.25, -0.2) is 0 Å². The van der Waals surface area contributed by atoms with Crippen molar-refractivity contribution in [2.75, 3.05) is 0 Å². The van der Waals surface area contributed by atoms with Crippen molar-refractivity contribution in [2.45, 2.75) is 26.7 Å². The summed E-state index contributed by atoms with van der Waals surface area (Å²) >= 11 is 0. The Bertz CT molecular complexity index is 322. The van der Waals surface area contributed by atoms with E-state index in [1.165, 1.54) is 6.08 Å². The van der Waals surface area contributed by atoms with E-state index in [4.69, 9.17) is 0 Å². The van der Waals surface area contributed by atoms with Crippen molar-refractivity contribution < 1.29 is 14.7 Å². The summed E-state index contributed by atoms with van der Waals surface area (Å²) in [5.41, 5.74) is -0.946. The number of carboxylic acid groups (broad SMARTS) is 1. The first-order chi connectivity index (χ1) is 7.08. The number of aliphatic carboxylic acids is 1. The van der Waals surface area contributed by atoms with Gasteiger partial charge in [0.1, 0.15) is 0 Å². The Morgan fingerprint density at radius 2 is 2.00 bits per heavy atom. The maximum absolute atomic E-state index is 11.7. The topological polar surface area (TPSA) is 54.4 Å². The number of ketones is 1. The van der Waals surface area contributed by atoms with E-state index in [0.717, 1.165) is 0 Å². The molecule has 0 fully saturated rings. The zero-order chi connectivity index (χ0) is 11.5. The Morgan fingerprint density at radius 1 is 1.40 bits per heavy atom. The third kappa shape index (κ3) is 1.87. The van der Waals surface area contributed by atoms with Gasteiger partial charge in [-0.05, 0) is 18.9 Å². The predicted molar refractivity (Wildman–Crippen MR) is 57.4 cm³/mol. The molecule has 1 unspecified atom stereocenters. The lowest BCUT2D eigenvalue weighted by Crippen LogP contribution is -2.41. The highest BCUT2D eigenvalue weighted by Gasteiger charge is 2.44. The molecule has 0 aromatic rings. The molecular weight excluding hydrogens is 192 g/mol. The van der Waals surface area contributed by atoms with Gasteiger partial charge in [0, 0.05) is 0 Å². The predicted octanol–water partition coefficient (Wildman–Crippen LogP) is 2.19. The lowest BCUT2D eigenvalue weighted by molar-refractivity contribution is -0.154. The van der Waals surface area contributed by atoms with Gasteiger partial charge in [-0.15, -0.1) is 0 Å². The fourth-order valence-electron chi connectivity index (χ4n) is 2.11. The molecule has 1 atom stereocenters. The number of carbonyl (C=O) groups excluding carboxylic acids is 1. The molecule has 0 amide bonds. The molecule has 0 spiro atoms. The molecule has 1 aliphatic carbocycles. The highest BCUT2D eigenvalue weighted by Crippen LogP contribution is 2.38. The second kappa shape index (κ2) is 4.43. The van der Waals surface area contributed by atoms with Crippen LogP contribution in [0.3, 0.4) is 0 Å². The Kier molecular flexibility index (Phi) is 3.45. The van der Waals surface area contributed by atoms with Crippen molar-refractivity contribution in [3.05, 3.63) is 24.3 Å². The van der Waals surface area contributed by atoms with E-state index in [1.54, 1.807) is 18.2 Å². The first kappa shape index (κ1) is 11.7. The zero-order valence-electron chi connectivity index (χ0n) is 9.06. The van der Waals surface area contributed by atoms with Crippen LogP contribution >= 0.6 is 0 Å². The molecule has 0 aromatic heterocycles. The van der Waals surface area contributed by atoms with Crippen LogP contribution in [0.25, 0.3) is 0 Å². The number of hydrogen-bond acceptors (Lipinski definition) is 2. The molecule has 0 bridgehead atoms. The van der Waals surface area contributed by atoms with Gasteiger partial charge in [-0.3, -0.25) is 9.59 Å². The summed E-state index contributed by atoms with van der Waals surface area (Å²) in [6.07, 6.45) is 7.48. The zero-order valence-corrected chi connectivity index (χ0v) is 9.06. The normalized spacial score (nSPS) is 20.7. The van der Waals surface area contributed by atoms with Gasteiger partial charge in [-0.1, -0.05) is 32.1 Å². The second-order valence-electron chi connectivity index (χ2n) is 3.79. The first-order valence-corrected chi connectivity index (χ1v) is 5.20. The molecule has 0 heterocycles. The molecule has 3 nitrogen and oxygen atoms in total. The summed E-state index contributed by atoms with van der Waals surface area (Å²) in [6.45, 7) is 3.63. The quantitative estimate of drug-likeness (QED) is 0.770. The standard InChI is InChI=1S/C12H16O3/c1-3-12(4-2,11(14)15)9-7-5-6-8-10(9)13/h5-9H,3-4H2,1-2H3,(H,14,15). The smallest absolute Gasteiger partial charge is 0.310 e. The number of carboxylic acids is 1. The van der Waals surface area contributed by atoms with Crippen LogP contribution in [0.4, 0.5) is 0 Å². The SMILES string of the molecule is CCC(CC)(C(=O)O)C1C=CC=CC1=O. The van der Waals surface area contributed by atoms with Crippen LogP contribution in [0, 0.1) is 11.3 Å². The fraction of sp³-hybridized carbons (Fsp3) is 0.500. The van der Waals surface area contributed by atoms with E-state index in [9.17, 15) is 14.7 Å². The molecule has 0 saturated carbocycles. The average Bonchev–Trinajstić information content (AvgIpc) is 2.22. The minimum atomic E-state index is -0.946. The van der Waals surface area contributed by atoms with Gasteiger partial charge in [0.2, 0.25) is 0 Å². The van der Waals surface area contributed by atoms with E-state index in [-0.39, 0.29) is 5.78 Å². The van der Waals surface area contributed by atoms with Gasteiger partial charge in [-0.2, -0.15) is 0 Å². The third-order valence-electron chi connectivity index (χ3n) is 3.26. The van der Waals surface area contributed by atoms with E-state index in [0.29, 0.717) is 12.8 Å². The second-order valence-corrected chi connectivity index (χ2v) is 3.79. The Hall–Kier alpha value is -1.38. The third-order valence-corrected chi connectivity index (χ3v) is 3.26. The summed E-state index contributed by atoms with van der Waals surface area (Å²) in [5.74, 6) is -1.51. The first-order valence-electron chi connectivity index (χ1n) is 5.20. The molecule has 1 rings (SSSR count). The molecule has 0 aliphatic heterocycles. The molecule has 15 heavy (non-hydrogen) atoms. The van der Waals surface area contributed by atoms with Crippen LogP contribution in [0.2, 0.25) is 0 Å². The monoisotopic (exact) mass is 208 g/mol. The molecule has 1 N–H and O–H groups in total. The average molecular weight is 208 g/mol. The van der Waals surface area contributed by atoms with Crippen molar-refractivity contribution >= 4 is 11.8 Å². The van der Waals surface area contributed by atoms with Crippen LogP contribution in [0.5, 0.6) is 0 Å². The highest BCUT2D eigenvalue weighted by molar-refractivity contribution is 5.98. The van der Waals surface area contributed by atoms with E-state index < -0.39 is 17.3 Å². The van der Waals surface area contributed by atoms with Gasteiger partial charge in [0.15, 0.2) is 5.78 Å². The van der Waals surface area contributed by atoms with Crippen LogP contribution in [0.15, 0.2) is 24.3 Å². The van der Waals surface area contributed by atoms with Crippen LogP contribution < -0.4 is 0 Å². The molecule has 82 valence electrons. The van der Waals surface area contributed by atoms with Crippen LogP contribution in [-0.2, 0) is 9.59 Å². The summed E-state index contributed by atoms with van der Waals surface area (Å²) in [7, 11) is 0. The molecule has 3 heteroatoms. The molecule has 0 radical (unpaired) electrons. The van der Waals surface area contributed by atoms with Gasteiger partial charge < -0.3 is 5.11 Å². The lowest BCUT2D eigenvalue weighted by Gasteiger charge is -2.33. The largest absolute Gasteiger partial charge is 0.481 e. The van der Waals surface area contributed by atoms with Crippen LogP contribution in [0.1, 0.15) is 26.7 Å². The van der Waals surface area contributed by atoms with Gasteiger partial charge >= 0.3 is 5.97 Å². The van der Waals surface area contributed by atoms with Crippen molar-refractivity contribution in [3.8, 4) is 0 Å². The Morgan fingerprint density at radius 3 is 2.40 bits per heavy atom. The van der Waals surface area contributed by atoms with E-state index in [2.05, 4.69) is 0 Å². The molecular formula is C12H16O3. The number of hydrogen-bond donors (Lipinski definition) is 1. The Balaban J connectivity index is 3.09. The minimum absolute atomic E-state index is 0.108. The van der Waals surface area contributed by atoms with Gasteiger partial charge in [0.05, 0.1) is 11.3 Å². The lowest BCUT2D eigenvalue weighted by atomic mass is 9.68. The summed E-state index contributed by atoms with van der Waals surface area (Å²) in [6, 6.07) is 0. The fourth-order valence-corrected chi connectivity index (χ4v) is 2.11. The summed E-state index contributed by atoms with van der Waals surface area (Å²) in [5, 5.41) is 9.28. The van der Waals surface area contributed by atoms with Crippen molar-refractivity contribution in [2.24, 2.45) is 11.3 Å². The Labute approximate surface area is 89.5 Å². The highest BCUT2D eigenvalue weighted by atomic mass is 16.4. The van der Waals surface area contributed by atoms with E-state index in [1.807, 2.05) is 13.8 Å². The molecule has 0 saturated heterocycles. The van der Waals surface area contributed by atoms with Crippen molar-refractivity contribution in [1.82, 2.24) is 0 Å². The summed E-state index contributed by atoms with van der Waals surface area (Å²) < 4.78 is 0. The van der Waals surface area contributed by atoms with Crippen molar-refractivity contribution in [1.29, 1.82) is 0 Å². The summed E-state index contributed by atoms with van der Waals surface area (Å²) in [4.78, 5) is 23.0. The maximum Gasteiger partial charge on any atom is 0.310 e. The van der Waals surface area contributed by atoms with Gasteiger partial charge in [0.25, 0.3) is 0 Å². The maximum atomic E-state index is 11.7. The number of rotatable bonds is 4. The van der Waals surface area contributed by atoms with E-state index >= 15 is 0 Å². The minimum Gasteiger partial charge on any atom is -0.481 e. The van der Waals surface area contributed by atoms with Crippen molar-refractivity contribution in [3.63, 3.8) is 0 Å².